The number of halogens is 2. The molecule has 1 aromatic carbocycles. The highest BCUT2D eigenvalue weighted by atomic mass is 79.9. The van der Waals surface area contributed by atoms with Crippen molar-refractivity contribution < 1.29 is 4.92 Å². The summed E-state index contributed by atoms with van der Waals surface area (Å²) < 4.78 is -1.59. The van der Waals surface area contributed by atoms with Gasteiger partial charge in [0.25, 0.3) is 0 Å². The largest absolute Gasteiger partial charge is 0.369 e. The van der Waals surface area contributed by atoms with E-state index in [1.807, 2.05) is 18.2 Å². The summed E-state index contributed by atoms with van der Waals surface area (Å²) in [6.45, 7) is 2.05. The molecule has 0 radical (unpaired) electrons. The third-order valence-electron chi connectivity index (χ3n) is 2.55. The lowest BCUT2D eigenvalue weighted by atomic mass is 10.1. The molecule has 0 spiro atoms. The minimum Gasteiger partial charge on any atom is -0.262 e. The van der Waals surface area contributed by atoms with Gasteiger partial charge in [0.15, 0.2) is 5.69 Å². The highest BCUT2D eigenvalue weighted by Crippen LogP contribution is 2.37. The number of rotatable bonds is 3. The van der Waals surface area contributed by atoms with Gasteiger partial charge in [-0.15, -0.1) is 0 Å². The summed E-state index contributed by atoms with van der Waals surface area (Å²) in [5, 5.41) is 10.9. The summed E-state index contributed by atoms with van der Waals surface area (Å²) in [4.78, 5) is 18.8. The fourth-order valence-corrected chi connectivity index (χ4v) is 1.90. The third kappa shape index (κ3) is 2.37. The molecule has 18 heavy (non-hydrogen) atoms. The van der Waals surface area contributed by atoms with Gasteiger partial charge in [-0.25, -0.2) is 4.98 Å². The molecule has 0 bridgehead atoms. The van der Waals surface area contributed by atoms with Crippen molar-refractivity contribution in [2.24, 2.45) is 0 Å². The molecule has 5 nitrogen and oxygen atoms in total. The van der Waals surface area contributed by atoms with Crippen molar-refractivity contribution in [2.75, 3.05) is 0 Å². The second-order valence-corrected chi connectivity index (χ2v) is 7.09. The highest BCUT2D eigenvalue weighted by Gasteiger charge is 2.40. The number of hydrogen-bond acceptors (Lipinski definition) is 4. The van der Waals surface area contributed by atoms with E-state index in [0.717, 1.165) is 17.5 Å². The molecular formula is C11H9Br2N3O2. The van der Waals surface area contributed by atoms with Gasteiger partial charge in [-0.05, 0) is 24.1 Å². The van der Waals surface area contributed by atoms with E-state index in [2.05, 4.69) is 48.8 Å². The second-order valence-electron chi connectivity index (χ2n) is 3.73. The van der Waals surface area contributed by atoms with Crippen molar-refractivity contribution in [1.29, 1.82) is 0 Å². The Labute approximate surface area is 120 Å². The Balaban J connectivity index is 2.55. The lowest BCUT2D eigenvalue weighted by Crippen LogP contribution is -2.22. The van der Waals surface area contributed by atoms with Crippen molar-refractivity contribution in [3.8, 4) is 0 Å². The first-order valence-corrected chi connectivity index (χ1v) is 6.82. The Hall–Kier alpha value is -1.08. The Kier molecular flexibility index (Phi) is 3.63. The zero-order valence-electron chi connectivity index (χ0n) is 9.43. The van der Waals surface area contributed by atoms with Crippen LogP contribution in [-0.2, 0) is 9.78 Å². The first-order valence-electron chi connectivity index (χ1n) is 5.23. The van der Waals surface area contributed by atoms with Crippen molar-refractivity contribution in [1.82, 2.24) is 9.97 Å². The topological polar surface area (TPSA) is 68.9 Å². The fourth-order valence-electron chi connectivity index (χ4n) is 1.51. The van der Waals surface area contributed by atoms with E-state index in [1.165, 1.54) is 6.20 Å². The predicted molar refractivity (Wildman–Crippen MR) is 75.4 cm³/mol. The summed E-state index contributed by atoms with van der Waals surface area (Å²) in [5.74, 6) is 0. The Bertz CT molecular complexity index is 616. The molecule has 2 rings (SSSR count). The minimum absolute atomic E-state index is 0.212. The molecule has 0 atom stereocenters. The van der Waals surface area contributed by atoms with Crippen LogP contribution in [0, 0.1) is 10.1 Å². The number of alkyl halides is 2. The van der Waals surface area contributed by atoms with Gasteiger partial charge in [-0.3, -0.25) is 15.1 Å². The standard InChI is InChI=1S/C11H9Br2N3O2/c1-2-7-3-4-8-9(5-7)14-6-10(15-8)11(12,13)16(17)18/h3-6H,2H2,1H3. The molecule has 0 fully saturated rings. The maximum atomic E-state index is 10.9. The Morgan fingerprint density at radius 1 is 1.39 bits per heavy atom. The first kappa shape index (κ1) is 13.4. The highest BCUT2D eigenvalue weighted by molar-refractivity contribution is 9.24. The quantitative estimate of drug-likeness (QED) is 0.357. The molecule has 0 saturated heterocycles. The number of hydrogen-bond donors (Lipinski definition) is 0. The number of fused-ring (bicyclic) bond motifs is 1. The van der Waals surface area contributed by atoms with Crippen LogP contribution < -0.4 is 0 Å². The lowest BCUT2D eigenvalue weighted by Gasteiger charge is -2.11. The van der Waals surface area contributed by atoms with Crippen LogP contribution in [0.2, 0.25) is 0 Å². The fraction of sp³-hybridized carbons (Fsp3) is 0.273. The SMILES string of the molecule is CCc1ccc2nc(C(Br)(Br)[N+](=O)[O-])cnc2c1. The maximum Gasteiger partial charge on any atom is 0.369 e. The van der Waals surface area contributed by atoms with Gasteiger partial charge in [0.1, 0.15) is 0 Å². The lowest BCUT2D eigenvalue weighted by molar-refractivity contribution is -0.511. The van der Waals surface area contributed by atoms with E-state index in [9.17, 15) is 10.1 Å². The van der Waals surface area contributed by atoms with E-state index in [1.54, 1.807) is 0 Å². The summed E-state index contributed by atoms with van der Waals surface area (Å²) in [6.07, 6.45) is 2.31. The second kappa shape index (κ2) is 4.89. The van der Waals surface area contributed by atoms with Crippen LogP contribution in [0.4, 0.5) is 0 Å². The minimum atomic E-state index is -1.59. The molecule has 2 aromatic rings. The molecule has 1 heterocycles. The van der Waals surface area contributed by atoms with Gasteiger partial charge in [0, 0.05) is 31.9 Å². The van der Waals surface area contributed by atoms with E-state index in [4.69, 9.17) is 0 Å². The summed E-state index contributed by atoms with van der Waals surface area (Å²) in [7, 11) is 0. The molecule has 0 N–H and O–H groups in total. The molecule has 0 aliphatic rings. The third-order valence-corrected chi connectivity index (χ3v) is 3.94. The number of nitro groups is 1. The smallest absolute Gasteiger partial charge is 0.262 e. The molecule has 94 valence electrons. The number of aryl methyl sites for hydroxylation is 1. The van der Waals surface area contributed by atoms with Crippen molar-refractivity contribution in [3.05, 3.63) is 45.8 Å². The normalized spacial score (nSPS) is 11.7. The van der Waals surface area contributed by atoms with Crippen molar-refractivity contribution in [2.45, 2.75) is 16.7 Å². The molecular weight excluding hydrogens is 366 g/mol. The van der Waals surface area contributed by atoms with Gasteiger partial charge in [0.05, 0.1) is 22.2 Å². The summed E-state index contributed by atoms with van der Waals surface area (Å²) in [5.41, 5.74) is 2.74. The van der Waals surface area contributed by atoms with Crippen LogP contribution >= 0.6 is 31.9 Å². The van der Waals surface area contributed by atoms with Crippen molar-refractivity contribution in [3.63, 3.8) is 0 Å². The van der Waals surface area contributed by atoms with Gasteiger partial charge in [-0.1, -0.05) is 13.0 Å². The molecule has 0 unspecified atom stereocenters. The van der Waals surface area contributed by atoms with Gasteiger partial charge >= 0.3 is 3.36 Å². The monoisotopic (exact) mass is 373 g/mol. The summed E-state index contributed by atoms with van der Waals surface area (Å²) >= 11 is 5.97. The van der Waals surface area contributed by atoms with Gasteiger partial charge in [-0.2, -0.15) is 0 Å². The molecule has 0 aliphatic heterocycles. The van der Waals surface area contributed by atoms with E-state index in [0.29, 0.717) is 5.52 Å². The zero-order valence-corrected chi connectivity index (χ0v) is 12.6. The molecule has 7 heteroatoms. The molecule has 0 saturated carbocycles. The number of nitrogens with zero attached hydrogens (tertiary/aromatic N) is 3. The first-order chi connectivity index (χ1) is 8.45. The summed E-state index contributed by atoms with van der Waals surface area (Å²) in [6, 6.07) is 5.69. The van der Waals surface area contributed by atoms with Crippen LogP contribution in [0.25, 0.3) is 11.0 Å². The van der Waals surface area contributed by atoms with E-state index >= 15 is 0 Å². The average molecular weight is 375 g/mol. The van der Waals surface area contributed by atoms with Crippen LogP contribution in [0.3, 0.4) is 0 Å². The average Bonchev–Trinajstić information content (AvgIpc) is 2.37. The zero-order chi connectivity index (χ0) is 13.3. The predicted octanol–water partition coefficient (Wildman–Crippen LogP) is 3.37. The van der Waals surface area contributed by atoms with Crippen LogP contribution in [0.1, 0.15) is 18.2 Å². The molecule has 1 aromatic heterocycles. The number of aromatic nitrogens is 2. The Morgan fingerprint density at radius 3 is 2.72 bits per heavy atom. The van der Waals surface area contributed by atoms with Gasteiger partial charge < -0.3 is 0 Å². The van der Waals surface area contributed by atoms with Crippen molar-refractivity contribution >= 4 is 42.9 Å². The van der Waals surface area contributed by atoms with Crippen LogP contribution in [-0.4, -0.2) is 14.9 Å². The molecule has 0 amide bonds. The van der Waals surface area contributed by atoms with Crippen LogP contribution in [0.15, 0.2) is 24.4 Å². The van der Waals surface area contributed by atoms with Crippen LogP contribution in [0.5, 0.6) is 0 Å². The van der Waals surface area contributed by atoms with Gasteiger partial charge in [0.2, 0.25) is 0 Å². The Morgan fingerprint density at radius 2 is 2.11 bits per heavy atom. The van der Waals surface area contributed by atoms with E-state index in [-0.39, 0.29) is 5.69 Å². The maximum absolute atomic E-state index is 10.9. The number of benzene rings is 1. The van der Waals surface area contributed by atoms with E-state index < -0.39 is 8.28 Å². The molecule has 0 aliphatic carbocycles.